The van der Waals surface area contributed by atoms with Crippen LogP contribution in [0.1, 0.15) is 16.7 Å². The summed E-state index contributed by atoms with van der Waals surface area (Å²) in [5, 5.41) is 33.1. The van der Waals surface area contributed by atoms with Crippen LogP contribution < -0.4 is 5.32 Å². The van der Waals surface area contributed by atoms with Crippen molar-refractivity contribution in [1.82, 2.24) is 70.7 Å². The Kier molecular flexibility index (Phi) is 10.6. The van der Waals surface area contributed by atoms with Crippen LogP contribution in [0.4, 0.5) is 0 Å². The van der Waals surface area contributed by atoms with Crippen molar-refractivity contribution in [3.8, 4) is 11.4 Å². The molecule has 0 spiro atoms. The number of carbonyl (C=O) groups excluding carboxylic acids is 2. The number of hydrogen-bond donors (Lipinski definition) is 1. The highest BCUT2D eigenvalue weighted by molar-refractivity contribution is 5.79. The average molecular weight is 691 g/mol. The van der Waals surface area contributed by atoms with Gasteiger partial charge in [-0.3, -0.25) is 14.5 Å². The third-order valence-corrected chi connectivity index (χ3v) is 9.04. The maximum Gasteiger partial charge on any atom is 0.227 e. The van der Waals surface area contributed by atoms with Gasteiger partial charge >= 0.3 is 0 Å². The third-order valence-electron chi connectivity index (χ3n) is 9.04. The molecule has 3 aromatic carbocycles. The fourth-order valence-corrected chi connectivity index (χ4v) is 6.07. The molecule has 8 rings (SSSR count). The Hall–Kier alpha value is -5.94. The molecule has 2 aliphatic rings. The van der Waals surface area contributed by atoms with E-state index in [0.717, 1.165) is 98.9 Å². The van der Waals surface area contributed by atoms with Crippen molar-refractivity contribution in [2.75, 3.05) is 58.9 Å². The van der Waals surface area contributed by atoms with Gasteiger partial charge in [-0.25, -0.2) is 14.0 Å². The van der Waals surface area contributed by atoms with E-state index in [1.807, 2.05) is 70.5 Å². The number of tetrazole rings is 2. The Morgan fingerprint density at radius 3 is 1.71 bits per heavy atom. The highest BCUT2D eigenvalue weighted by Crippen LogP contribution is 2.15. The van der Waals surface area contributed by atoms with Gasteiger partial charge in [0.05, 0.1) is 24.2 Å². The van der Waals surface area contributed by atoms with E-state index in [4.69, 9.17) is 4.63 Å². The molecule has 0 radical (unpaired) electrons. The van der Waals surface area contributed by atoms with Gasteiger partial charge in [-0.15, -0.1) is 10.2 Å². The Labute approximate surface area is 293 Å². The number of carbonyl (C=O) groups is 2. The first-order valence-electron chi connectivity index (χ1n) is 16.9. The number of nitrogens with one attached hydrogen (secondary N) is 1. The molecule has 3 aromatic heterocycles. The normalized spacial score (nSPS) is 15.1. The van der Waals surface area contributed by atoms with Crippen molar-refractivity contribution in [3.05, 3.63) is 96.1 Å². The van der Waals surface area contributed by atoms with Crippen LogP contribution in [0.3, 0.4) is 0 Å². The summed E-state index contributed by atoms with van der Waals surface area (Å²) in [5.41, 5.74) is 6.53. The molecule has 262 valence electrons. The van der Waals surface area contributed by atoms with Gasteiger partial charge in [0.1, 0.15) is 23.7 Å². The molecule has 51 heavy (non-hydrogen) atoms. The van der Waals surface area contributed by atoms with Gasteiger partial charge in [-0.1, -0.05) is 30.3 Å². The zero-order valence-electron chi connectivity index (χ0n) is 28.0. The molecule has 6 aromatic rings. The summed E-state index contributed by atoms with van der Waals surface area (Å²) in [6.45, 7) is 7.59. The van der Waals surface area contributed by atoms with Gasteiger partial charge in [0.2, 0.25) is 11.8 Å². The van der Waals surface area contributed by atoms with Crippen molar-refractivity contribution >= 4 is 22.8 Å². The number of aromatic nitrogens is 10. The van der Waals surface area contributed by atoms with Gasteiger partial charge in [-0.05, 0) is 90.7 Å². The number of benzene rings is 3. The van der Waals surface area contributed by atoms with Crippen LogP contribution in [0.5, 0.6) is 0 Å². The van der Waals surface area contributed by atoms with Gasteiger partial charge in [0.15, 0.2) is 0 Å². The molecule has 0 atom stereocenters. The first kappa shape index (κ1) is 33.6. The predicted octanol–water partition coefficient (Wildman–Crippen LogP) is 0.765. The molecule has 2 saturated heterocycles. The first-order valence-corrected chi connectivity index (χ1v) is 16.9. The topological polar surface area (TPSA) is 182 Å². The Balaban J connectivity index is 0.000000175. The summed E-state index contributed by atoms with van der Waals surface area (Å²) >= 11 is 0. The van der Waals surface area contributed by atoms with Gasteiger partial charge in [0.25, 0.3) is 0 Å². The minimum Gasteiger partial charge on any atom is -0.340 e. The van der Waals surface area contributed by atoms with Crippen LogP contribution >= 0.6 is 0 Å². The highest BCUT2D eigenvalue weighted by Gasteiger charge is 2.21. The number of amides is 2. The molecule has 5 heterocycles. The Morgan fingerprint density at radius 1 is 0.627 bits per heavy atom. The molecule has 2 amide bonds. The molecule has 17 heteroatoms. The summed E-state index contributed by atoms with van der Waals surface area (Å²) in [5.74, 6) is 0.348. The quantitative estimate of drug-likeness (QED) is 0.225. The minimum absolute atomic E-state index is 0.166. The molecule has 2 fully saturated rings. The molecule has 0 aliphatic carbocycles. The zero-order chi connectivity index (χ0) is 34.8. The number of rotatable bonds is 9. The summed E-state index contributed by atoms with van der Waals surface area (Å²) in [6.07, 6.45) is 4.87. The SMILES string of the molecule is O=C(Cc1ccc(-n2cnnn2)cc1)N1CCN(CCc2ccc3nonc3c2)CC1.O=C(Cc1ccc(-n2cnnn2)cc1)N1CCNCC1. The standard InChI is InChI=1S/C21H22N8O2.C13H16N6O/c30-21(14-16-1-4-18(5-2-16)29-15-22-25-26-29)28-11-9-27(10-12-28)8-7-17-3-6-19-20(13-17)24-31-23-19;20-13(18-7-5-14-6-8-18)9-11-1-3-12(4-2-11)19-10-15-16-17-19/h1-6,13,15H,7-12,14H2;1-4,10,14H,5-9H2. The average Bonchev–Trinajstić information content (AvgIpc) is 4.00. The predicted molar refractivity (Wildman–Crippen MR) is 184 cm³/mol. The maximum absolute atomic E-state index is 12.7. The second-order valence-corrected chi connectivity index (χ2v) is 12.4. The van der Waals surface area contributed by atoms with E-state index in [-0.39, 0.29) is 11.8 Å². The maximum atomic E-state index is 12.7. The van der Waals surface area contributed by atoms with Crippen molar-refractivity contribution < 1.29 is 14.2 Å². The summed E-state index contributed by atoms with van der Waals surface area (Å²) in [6, 6.07) is 21.5. The lowest BCUT2D eigenvalue weighted by Gasteiger charge is -2.34. The fourth-order valence-electron chi connectivity index (χ4n) is 6.07. The van der Waals surface area contributed by atoms with E-state index in [0.29, 0.717) is 12.8 Å². The Morgan fingerprint density at radius 2 is 1.16 bits per heavy atom. The molecule has 1 N–H and O–H groups in total. The minimum atomic E-state index is 0.166. The van der Waals surface area contributed by atoms with E-state index in [1.54, 1.807) is 22.0 Å². The van der Waals surface area contributed by atoms with E-state index in [9.17, 15) is 9.59 Å². The van der Waals surface area contributed by atoms with Crippen LogP contribution in [0.2, 0.25) is 0 Å². The van der Waals surface area contributed by atoms with Crippen LogP contribution in [0, 0.1) is 0 Å². The second-order valence-electron chi connectivity index (χ2n) is 12.4. The van der Waals surface area contributed by atoms with Crippen molar-refractivity contribution in [2.45, 2.75) is 19.3 Å². The van der Waals surface area contributed by atoms with Gasteiger partial charge in [0, 0.05) is 58.9 Å². The number of hydrogen-bond acceptors (Lipinski definition) is 13. The fraction of sp³-hybridized carbons (Fsp3) is 0.353. The monoisotopic (exact) mass is 690 g/mol. The molecule has 0 saturated carbocycles. The molecular formula is C34H38N14O3. The number of piperazine rings is 2. The lowest BCUT2D eigenvalue weighted by Crippen LogP contribution is -2.49. The molecule has 17 nitrogen and oxygen atoms in total. The highest BCUT2D eigenvalue weighted by atomic mass is 16.6. The largest absolute Gasteiger partial charge is 0.340 e. The lowest BCUT2D eigenvalue weighted by molar-refractivity contribution is -0.132. The molecule has 0 unspecified atom stereocenters. The molecular weight excluding hydrogens is 652 g/mol. The van der Waals surface area contributed by atoms with Gasteiger partial charge < -0.3 is 15.1 Å². The van der Waals surface area contributed by atoms with Gasteiger partial charge in [-0.2, -0.15) is 0 Å². The van der Waals surface area contributed by atoms with Crippen LogP contribution in [-0.2, 0) is 28.9 Å². The van der Waals surface area contributed by atoms with E-state index in [2.05, 4.69) is 57.6 Å². The third kappa shape index (κ3) is 8.81. The van der Waals surface area contributed by atoms with E-state index >= 15 is 0 Å². The smallest absolute Gasteiger partial charge is 0.227 e. The Bertz CT molecular complexity index is 1980. The van der Waals surface area contributed by atoms with E-state index in [1.165, 1.54) is 5.56 Å². The summed E-state index contributed by atoms with van der Waals surface area (Å²) in [4.78, 5) is 31.1. The molecule has 2 aliphatic heterocycles. The number of fused-ring (bicyclic) bond motifs is 1. The van der Waals surface area contributed by atoms with Crippen LogP contribution in [0.25, 0.3) is 22.4 Å². The summed E-state index contributed by atoms with van der Waals surface area (Å²) < 4.78 is 7.93. The van der Waals surface area contributed by atoms with Crippen molar-refractivity contribution in [3.63, 3.8) is 0 Å². The zero-order valence-corrected chi connectivity index (χ0v) is 28.0. The number of nitrogens with zero attached hydrogens (tertiary/aromatic N) is 13. The van der Waals surface area contributed by atoms with E-state index < -0.39 is 0 Å². The van der Waals surface area contributed by atoms with Crippen LogP contribution in [0.15, 0.2) is 84.0 Å². The van der Waals surface area contributed by atoms with Crippen molar-refractivity contribution in [2.24, 2.45) is 0 Å². The first-order chi connectivity index (χ1) is 25.1. The van der Waals surface area contributed by atoms with Crippen molar-refractivity contribution in [1.29, 1.82) is 0 Å². The van der Waals surface area contributed by atoms with Crippen LogP contribution in [-0.4, -0.2) is 136 Å². The lowest BCUT2D eigenvalue weighted by atomic mass is 10.1. The second kappa shape index (κ2) is 16.2. The summed E-state index contributed by atoms with van der Waals surface area (Å²) in [7, 11) is 0. The molecule has 0 bridgehead atoms.